The Kier molecular flexibility index (Phi) is 5.76. The van der Waals surface area contributed by atoms with Gasteiger partial charge in [-0.3, -0.25) is 9.59 Å². The van der Waals surface area contributed by atoms with Crippen LogP contribution in [0.5, 0.6) is 0 Å². The predicted molar refractivity (Wildman–Crippen MR) is 122 cm³/mol. The Balaban J connectivity index is 2.09. The molecule has 4 rings (SSSR count). The molecular formula is C26H30N2O2. The molecule has 4 nitrogen and oxygen atoms in total. The lowest BCUT2D eigenvalue weighted by molar-refractivity contribution is -0.122. The summed E-state index contributed by atoms with van der Waals surface area (Å²) in [6.07, 6.45) is 6.02. The van der Waals surface area contributed by atoms with Crippen LogP contribution < -0.4 is 5.73 Å². The normalized spacial score (nSPS) is 15.6. The van der Waals surface area contributed by atoms with Gasteiger partial charge in [-0.2, -0.15) is 0 Å². The number of carbonyl (C=O) groups is 2. The summed E-state index contributed by atoms with van der Waals surface area (Å²) < 4.78 is 2.26. The molecule has 1 amide bonds. The van der Waals surface area contributed by atoms with Crippen molar-refractivity contribution < 1.29 is 9.59 Å². The van der Waals surface area contributed by atoms with Gasteiger partial charge in [-0.1, -0.05) is 63.1 Å². The number of primary amides is 1. The first kappa shape index (κ1) is 20.4. The van der Waals surface area contributed by atoms with Gasteiger partial charge in [0.25, 0.3) is 0 Å². The van der Waals surface area contributed by atoms with E-state index >= 15 is 0 Å². The van der Waals surface area contributed by atoms with Crippen LogP contribution in [0.4, 0.5) is 0 Å². The number of aromatic nitrogens is 1. The first-order valence-corrected chi connectivity index (χ1v) is 11.1. The quantitative estimate of drug-likeness (QED) is 0.533. The van der Waals surface area contributed by atoms with Gasteiger partial charge >= 0.3 is 0 Å². The molecular weight excluding hydrogens is 372 g/mol. The van der Waals surface area contributed by atoms with Crippen LogP contribution in [-0.4, -0.2) is 16.8 Å². The van der Waals surface area contributed by atoms with Gasteiger partial charge in [0.05, 0.1) is 11.6 Å². The van der Waals surface area contributed by atoms with Gasteiger partial charge in [-0.05, 0) is 42.4 Å². The van der Waals surface area contributed by atoms with Crippen molar-refractivity contribution in [2.75, 3.05) is 0 Å². The van der Waals surface area contributed by atoms with Crippen molar-refractivity contribution in [1.29, 1.82) is 0 Å². The van der Waals surface area contributed by atoms with Gasteiger partial charge in [0.2, 0.25) is 5.91 Å². The van der Waals surface area contributed by atoms with Crippen LogP contribution in [0.25, 0.3) is 22.2 Å². The van der Waals surface area contributed by atoms with E-state index in [4.69, 9.17) is 5.73 Å². The lowest BCUT2D eigenvalue weighted by Crippen LogP contribution is -2.28. The Labute approximate surface area is 178 Å². The molecule has 2 aromatic carbocycles. The summed E-state index contributed by atoms with van der Waals surface area (Å²) in [4.78, 5) is 23.8. The molecule has 0 spiro atoms. The molecule has 0 bridgehead atoms. The number of hydrogen-bond donors (Lipinski definition) is 1. The standard InChI is InChI=1S/C26H30N2O2/c1-3-7-18(8-4-2)24-22-12-11-17(16-29)13-23(22)28-15-20(26(27)30)14-19-9-5-6-10-21(19)25(24)28/h5-6,9-13,16,18,20H,3-4,7-8,14-15H2,1-2H3,(H2,27,30). The molecule has 2 heterocycles. The highest BCUT2D eigenvalue weighted by Gasteiger charge is 2.31. The fourth-order valence-electron chi connectivity index (χ4n) is 5.16. The van der Waals surface area contributed by atoms with Crippen molar-refractivity contribution >= 4 is 23.1 Å². The van der Waals surface area contributed by atoms with Gasteiger partial charge < -0.3 is 10.3 Å². The highest BCUT2D eigenvalue weighted by molar-refractivity contribution is 5.96. The number of hydrogen-bond acceptors (Lipinski definition) is 2. The van der Waals surface area contributed by atoms with Gasteiger partial charge in [0.1, 0.15) is 6.29 Å². The van der Waals surface area contributed by atoms with E-state index in [1.807, 2.05) is 18.2 Å². The Morgan fingerprint density at radius 2 is 1.90 bits per heavy atom. The van der Waals surface area contributed by atoms with E-state index in [1.54, 1.807) is 0 Å². The van der Waals surface area contributed by atoms with E-state index in [9.17, 15) is 9.59 Å². The van der Waals surface area contributed by atoms with Crippen LogP contribution in [0, 0.1) is 5.92 Å². The molecule has 1 aromatic heterocycles. The highest BCUT2D eigenvalue weighted by Crippen LogP contribution is 2.45. The highest BCUT2D eigenvalue weighted by atomic mass is 16.1. The zero-order valence-electron chi connectivity index (χ0n) is 17.9. The number of benzene rings is 2. The SMILES string of the molecule is CCCC(CCC)c1c2n(c3cc(C=O)ccc13)CC(C(N)=O)Cc1ccccc1-2. The van der Waals surface area contributed by atoms with Crippen LogP contribution in [0.1, 0.15) is 66.9 Å². The third-order valence-electron chi connectivity index (χ3n) is 6.49. The zero-order valence-corrected chi connectivity index (χ0v) is 17.9. The van der Waals surface area contributed by atoms with Crippen LogP contribution >= 0.6 is 0 Å². The van der Waals surface area contributed by atoms with E-state index in [-0.39, 0.29) is 11.8 Å². The van der Waals surface area contributed by atoms with Crippen LogP contribution in [0.15, 0.2) is 42.5 Å². The summed E-state index contributed by atoms with van der Waals surface area (Å²) in [5, 5.41) is 1.20. The first-order chi connectivity index (χ1) is 14.6. The summed E-state index contributed by atoms with van der Waals surface area (Å²) >= 11 is 0. The maximum atomic E-state index is 12.3. The smallest absolute Gasteiger partial charge is 0.222 e. The van der Waals surface area contributed by atoms with Crippen molar-refractivity contribution in [3.8, 4) is 11.3 Å². The predicted octanol–water partition coefficient (Wildman–Crippen LogP) is 5.46. The molecule has 30 heavy (non-hydrogen) atoms. The number of nitrogens with zero attached hydrogens (tertiary/aromatic N) is 1. The monoisotopic (exact) mass is 402 g/mol. The molecule has 0 fully saturated rings. The lowest BCUT2D eigenvalue weighted by atomic mass is 9.85. The fraction of sp³-hybridized carbons (Fsp3) is 0.385. The van der Waals surface area contributed by atoms with Crippen molar-refractivity contribution in [3.63, 3.8) is 0 Å². The number of amides is 1. The molecule has 156 valence electrons. The molecule has 2 N–H and O–H groups in total. The second-order valence-electron chi connectivity index (χ2n) is 8.50. The van der Waals surface area contributed by atoms with Crippen LogP contribution in [0.3, 0.4) is 0 Å². The van der Waals surface area contributed by atoms with Gasteiger partial charge in [0, 0.05) is 28.6 Å². The summed E-state index contributed by atoms with van der Waals surface area (Å²) in [6, 6.07) is 14.4. The average Bonchev–Trinajstić information content (AvgIpc) is 2.95. The molecule has 1 aliphatic heterocycles. The third-order valence-corrected chi connectivity index (χ3v) is 6.49. The van der Waals surface area contributed by atoms with E-state index in [1.165, 1.54) is 27.8 Å². The molecule has 0 radical (unpaired) electrons. The minimum Gasteiger partial charge on any atom is -0.369 e. The minimum absolute atomic E-state index is 0.272. The zero-order chi connectivity index (χ0) is 21.3. The number of fused-ring (bicyclic) bond motifs is 5. The molecule has 0 saturated carbocycles. The van der Waals surface area contributed by atoms with Crippen LogP contribution in [-0.2, 0) is 17.8 Å². The van der Waals surface area contributed by atoms with E-state index in [0.717, 1.165) is 37.5 Å². The Hall–Kier alpha value is -2.88. The molecule has 0 saturated heterocycles. The fourth-order valence-corrected chi connectivity index (χ4v) is 5.16. The number of aldehydes is 1. The van der Waals surface area contributed by atoms with Crippen molar-refractivity contribution in [1.82, 2.24) is 4.57 Å². The topological polar surface area (TPSA) is 65.1 Å². The van der Waals surface area contributed by atoms with E-state index in [0.29, 0.717) is 24.4 Å². The number of nitrogens with two attached hydrogens (primary N) is 1. The number of carbonyl (C=O) groups excluding carboxylic acids is 2. The van der Waals surface area contributed by atoms with Crippen molar-refractivity contribution in [2.24, 2.45) is 11.7 Å². The second-order valence-corrected chi connectivity index (χ2v) is 8.50. The largest absolute Gasteiger partial charge is 0.369 e. The maximum Gasteiger partial charge on any atom is 0.222 e. The first-order valence-electron chi connectivity index (χ1n) is 11.1. The van der Waals surface area contributed by atoms with Gasteiger partial charge in [-0.15, -0.1) is 0 Å². The summed E-state index contributed by atoms with van der Waals surface area (Å²) in [5.41, 5.74) is 12.4. The second kappa shape index (κ2) is 8.47. The molecule has 1 aliphatic rings. The summed E-state index contributed by atoms with van der Waals surface area (Å²) in [5.74, 6) is -0.100. The molecule has 4 heteroatoms. The van der Waals surface area contributed by atoms with Gasteiger partial charge in [0.15, 0.2) is 0 Å². The molecule has 0 aliphatic carbocycles. The lowest BCUT2D eigenvalue weighted by Gasteiger charge is -2.19. The third kappa shape index (κ3) is 3.45. The summed E-state index contributed by atoms with van der Waals surface area (Å²) in [7, 11) is 0. The van der Waals surface area contributed by atoms with E-state index < -0.39 is 0 Å². The van der Waals surface area contributed by atoms with Crippen molar-refractivity contribution in [2.45, 2.75) is 58.4 Å². The van der Waals surface area contributed by atoms with E-state index in [2.05, 4.69) is 42.7 Å². The Morgan fingerprint density at radius 3 is 2.57 bits per heavy atom. The summed E-state index contributed by atoms with van der Waals surface area (Å²) in [6.45, 7) is 5.02. The molecule has 3 aromatic rings. The molecule has 1 atom stereocenters. The van der Waals surface area contributed by atoms with Crippen molar-refractivity contribution in [3.05, 3.63) is 59.2 Å². The average molecular weight is 403 g/mol. The minimum atomic E-state index is -0.272. The Morgan fingerprint density at radius 1 is 1.17 bits per heavy atom. The molecule has 1 unspecified atom stereocenters. The number of rotatable bonds is 7. The van der Waals surface area contributed by atoms with Crippen LogP contribution in [0.2, 0.25) is 0 Å². The van der Waals surface area contributed by atoms with Gasteiger partial charge in [-0.25, -0.2) is 0 Å². The maximum absolute atomic E-state index is 12.3. The Bertz CT molecular complexity index is 1090.